The van der Waals surface area contributed by atoms with Crippen molar-refractivity contribution in [3.63, 3.8) is 0 Å². The molecular weight excluding hydrogens is 107 g/mol. The van der Waals surface area contributed by atoms with E-state index in [0.29, 0.717) is 5.54 Å². The molecule has 0 amide bonds. The van der Waals surface area contributed by atoms with E-state index in [2.05, 4.69) is 0 Å². The van der Waals surface area contributed by atoms with Crippen LogP contribution in [0.25, 0.3) is 0 Å². The smallest absolute Gasteiger partial charge is 0.263 e. The highest BCUT2D eigenvalue weighted by Gasteiger charge is 1.82. The van der Waals surface area contributed by atoms with Crippen molar-refractivity contribution in [2.75, 3.05) is 0 Å². The number of hydrogen-bond donors (Lipinski definition) is 0. The van der Waals surface area contributed by atoms with E-state index in [0.717, 1.165) is 0 Å². The van der Waals surface area contributed by atoms with Gasteiger partial charge in [0.25, 0.3) is 9.41 Å². The maximum Gasteiger partial charge on any atom is 0.263 e. The largest absolute Gasteiger partial charge is 0.392 e. The molecule has 0 unspecified atom stereocenters. The first-order valence-electron chi connectivity index (χ1n) is 1.72. The van der Waals surface area contributed by atoms with Crippen molar-refractivity contribution < 1.29 is 4.46 Å². The van der Waals surface area contributed by atoms with Gasteiger partial charge in [0.05, 0.1) is 0 Å². The van der Waals surface area contributed by atoms with Gasteiger partial charge in [-0.1, -0.05) is 13.8 Å². The van der Waals surface area contributed by atoms with Crippen molar-refractivity contribution in [2.45, 2.75) is 19.4 Å². The molecule has 0 aliphatic rings. The van der Waals surface area contributed by atoms with Crippen molar-refractivity contribution in [1.82, 2.24) is 0 Å². The first-order chi connectivity index (χ1) is 2.27. The molecule has 0 aliphatic carbocycles. The van der Waals surface area contributed by atoms with E-state index in [-0.39, 0.29) is 17.4 Å². The van der Waals surface area contributed by atoms with Crippen LogP contribution in [0.2, 0.25) is 5.54 Å². The van der Waals surface area contributed by atoms with Crippen LogP contribution in [0.4, 0.5) is 0 Å². The molecule has 0 aromatic carbocycles. The lowest BCUT2D eigenvalue weighted by Gasteiger charge is -1.77. The summed E-state index contributed by atoms with van der Waals surface area (Å²) in [7, 11) is -0.519. The van der Waals surface area contributed by atoms with Gasteiger partial charge in [-0.25, -0.2) is 0 Å². The molecule has 0 rings (SSSR count). The third-order valence-electron chi connectivity index (χ3n) is 0.272. The van der Waals surface area contributed by atoms with Gasteiger partial charge in [-0.3, -0.25) is 0 Å². The first kappa shape index (κ1) is 9.75. The Hall–Kier alpha value is 0.549. The van der Waals surface area contributed by atoms with Crippen LogP contribution in [-0.4, -0.2) is 26.8 Å². The Morgan fingerprint density at radius 1 is 1.50 bits per heavy atom. The predicted molar refractivity (Wildman–Crippen MR) is 32.9 cm³/mol. The second kappa shape index (κ2) is 5.55. The van der Waals surface area contributed by atoms with Crippen molar-refractivity contribution in [3.8, 4) is 0 Å². The Labute approximate surface area is 51.1 Å². The topological polar surface area (TPSA) is 17.1 Å². The third-order valence-corrected chi connectivity index (χ3v) is 0.816. The highest BCUT2D eigenvalue weighted by Crippen LogP contribution is 1.87. The summed E-state index contributed by atoms with van der Waals surface area (Å²) in [6, 6.07) is 0. The Bertz CT molecular complexity index is 37.8. The number of rotatable bonds is 1. The molecule has 0 aromatic heterocycles. The van der Waals surface area contributed by atoms with Crippen LogP contribution in [-0.2, 0) is 4.46 Å². The summed E-state index contributed by atoms with van der Waals surface area (Å²) in [5.41, 5.74) is 0.412. The minimum Gasteiger partial charge on any atom is -0.392 e. The fourth-order valence-corrected chi connectivity index (χ4v) is 0. The quantitative estimate of drug-likeness (QED) is 0.421. The van der Waals surface area contributed by atoms with Gasteiger partial charge in [-0.15, -0.1) is 0 Å². The van der Waals surface area contributed by atoms with E-state index in [4.69, 9.17) is 0 Å². The lowest BCUT2D eigenvalue weighted by molar-refractivity contribution is 0.569. The minimum absolute atomic E-state index is 0. The van der Waals surface area contributed by atoms with Crippen molar-refractivity contribution >= 4 is 26.8 Å². The highest BCUT2D eigenvalue weighted by molar-refractivity contribution is 6.18. The molecule has 0 heterocycles. The Morgan fingerprint density at radius 2 is 1.67 bits per heavy atom. The molecule has 3 heteroatoms. The summed E-state index contributed by atoms with van der Waals surface area (Å²) >= 11 is 0. The van der Waals surface area contributed by atoms with Gasteiger partial charge in [0.2, 0.25) is 0 Å². The van der Waals surface area contributed by atoms with Crippen LogP contribution in [0.1, 0.15) is 13.8 Å². The van der Waals surface area contributed by atoms with E-state index in [9.17, 15) is 4.46 Å². The second-order valence-corrected chi connectivity index (χ2v) is 2.99. The summed E-state index contributed by atoms with van der Waals surface area (Å²) in [5.74, 6) is 0. The van der Waals surface area contributed by atoms with Crippen LogP contribution in [0.3, 0.4) is 0 Å². The normalized spacial score (nSPS) is 7.17. The van der Waals surface area contributed by atoms with Crippen LogP contribution in [0, 0.1) is 0 Å². The summed E-state index contributed by atoms with van der Waals surface area (Å²) in [4.78, 5) is 0. The molecule has 0 spiro atoms. The van der Waals surface area contributed by atoms with Gasteiger partial charge < -0.3 is 4.46 Å². The zero-order valence-electron chi connectivity index (χ0n) is 3.56. The molecule has 0 aliphatic heterocycles. The lowest BCUT2D eigenvalue weighted by atomic mass is 10.6. The zero-order chi connectivity index (χ0) is 4.28. The summed E-state index contributed by atoms with van der Waals surface area (Å²) in [6.07, 6.45) is 0. The van der Waals surface area contributed by atoms with Crippen LogP contribution in [0.15, 0.2) is 0 Å². The molecule has 6 heavy (non-hydrogen) atoms. The van der Waals surface area contributed by atoms with E-state index < -0.39 is 9.41 Å². The lowest BCUT2D eigenvalue weighted by Crippen LogP contribution is -1.76. The molecular formula is C3H11AlOSi. The predicted octanol–water partition coefficient (Wildman–Crippen LogP) is -0.587. The average molecular weight is 118 g/mol. The maximum atomic E-state index is 9.71. The SMILES string of the molecule is CC(C)[SiH]=O.[AlH3]. The molecule has 36 valence electrons. The van der Waals surface area contributed by atoms with Crippen LogP contribution in [0.5, 0.6) is 0 Å². The van der Waals surface area contributed by atoms with E-state index in [1.807, 2.05) is 13.8 Å². The average Bonchev–Trinajstić information content (AvgIpc) is 1.38. The monoisotopic (exact) mass is 118 g/mol. The van der Waals surface area contributed by atoms with Gasteiger partial charge in [0.15, 0.2) is 17.4 Å². The third kappa shape index (κ3) is 8.82. The van der Waals surface area contributed by atoms with Crippen LogP contribution >= 0.6 is 0 Å². The Kier molecular flexibility index (Phi) is 9.01. The van der Waals surface area contributed by atoms with Crippen molar-refractivity contribution in [3.05, 3.63) is 0 Å². The molecule has 0 atom stereocenters. The molecule has 0 fully saturated rings. The molecule has 0 radical (unpaired) electrons. The maximum absolute atomic E-state index is 9.71. The molecule has 0 saturated heterocycles. The highest BCUT2D eigenvalue weighted by atomic mass is 28.2. The summed E-state index contributed by atoms with van der Waals surface area (Å²) in [6.45, 7) is 3.89. The Balaban J connectivity index is 0. The van der Waals surface area contributed by atoms with Gasteiger partial charge in [-0.05, 0) is 5.54 Å². The summed E-state index contributed by atoms with van der Waals surface area (Å²) in [5, 5.41) is 0. The van der Waals surface area contributed by atoms with Crippen molar-refractivity contribution in [2.24, 2.45) is 0 Å². The number of hydrogen-bond acceptors (Lipinski definition) is 1. The minimum atomic E-state index is -0.519. The molecule has 0 saturated carbocycles. The fourth-order valence-electron chi connectivity index (χ4n) is 0. The molecule has 0 N–H and O–H groups in total. The van der Waals surface area contributed by atoms with Gasteiger partial charge in [0.1, 0.15) is 0 Å². The summed E-state index contributed by atoms with van der Waals surface area (Å²) < 4.78 is 9.71. The molecule has 0 aromatic rings. The molecule has 1 nitrogen and oxygen atoms in total. The standard InChI is InChI=1S/C3H8OSi.Al.3H/c1-3(2)5-4;;;;/h3,5H,1-2H3;;;;. The van der Waals surface area contributed by atoms with E-state index in [1.165, 1.54) is 0 Å². The second-order valence-electron chi connectivity index (χ2n) is 1.38. The molecule has 0 bridgehead atoms. The first-order valence-corrected chi connectivity index (χ1v) is 2.86. The van der Waals surface area contributed by atoms with Crippen LogP contribution < -0.4 is 0 Å². The Morgan fingerprint density at radius 3 is 1.67 bits per heavy atom. The van der Waals surface area contributed by atoms with Gasteiger partial charge in [-0.2, -0.15) is 0 Å². The van der Waals surface area contributed by atoms with E-state index in [1.54, 1.807) is 0 Å². The van der Waals surface area contributed by atoms with Gasteiger partial charge >= 0.3 is 0 Å². The zero-order valence-corrected chi connectivity index (χ0v) is 4.72. The van der Waals surface area contributed by atoms with Gasteiger partial charge in [0, 0.05) is 0 Å². The fraction of sp³-hybridized carbons (Fsp3) is 1.00. The van der Waals surface area contributed by atoms with E-state index >= 15 is 0 Å². The van der Waals surface area contributed by atoms with Crippen molar-refractivity contribution in [1.29, 1.82) is 0 Å².